The molecule has 4 nitrogen and oxygen atoms in total. The zero-order valence-electron chi connectivity index (χ0n) is 7.47. The van der Waals surface area contributed by atoms with Crippen LogP contribution in [0.15, 0.2) is 30.3 Å². The molecule has 0 heterocycles. The molecule has 1 N–H and O–H groups in total. The van der Waals surface area contributed by atoms with Crippen molar-refractivity contribution in [2.75, 3.05) is 6.61 Å². The maximum Gasteiger partial charge on any atom is 0.345 e. The van der Waals surface area contributed by atoms with Gasteiger partial charge in [-0.15, -0.1) is 0 Å². The molecule has 0 aliphatic carbocycles. The van der Waals surface area contributed by atoms with Crippen molar-refractivity contribution in [2.24, 2.45) is 0 Å². The van der Waals surface area contributed by atoms with E-state index in [1.165, 1.54) is 0 Å². The number of benzene rings is 1. The second-order valence-electron chi connectivity index (χ2n) is 2.60. The maximum absolute atomic E-state index is 11.2. The Morgan fingerprint density at radius 1 is 1.21 bits per heavy atom. The fourth-order valence-electron chi connectivity index (χ4n) is 0.879. The highest BCUT2D eigenvalue weighted by Crippen LogP contribution is 2.01. The summed E-state index contributed by atoms with van der Waals surface area (Å²) in [4.78, 5) is 22.0. The minimum atomic E-state index is -0.721. The topological polar surface area (TPSA) is 63.6 Å². The standard InChI is InChI=1S/C10H10O4/c11-7-6-9(12)14-10(13)8-4-2-1-3-5-8/h1-5,11H,6-7H2. The zero-order valence-corrected chi connectivity index (χ0v) is 7.47. The van der Waals surface area contributed by atoms with Gasteiger partial charge < -0.3 is 9.84 Å². The third kappa shape index (κ3) is 2.99. The first-order chi connectivity index (χ1) is 6.74. The summed E-state index contributed by atoms with van der Waals surface area (Å²) in [6.07, 6.45) is -0.168. The Balaban J connectivity index is 2.55. The normalized spacial score (nSPS) is 9.50. The van der Waals surface area contributed by atoms with Crippen LogP contribution in [0.4, 0.5) is 0 Å². The molecule has 4 heteroatoms. The number of rotatable bonds is 3. The van der Waals surface area contributed by atoms with Gasteiger partial charge in [0.15, 0.2) is 0 Å². The Kier molecular flexibility index (Phi) is 3.82. The molecule has 0 bridgehead atoms. The van der Waals surface area contributed by atoms with Gasteiger partial charge in [0.05, 0.1) is 18.6 Å². The largest absolute Gasteiger partial charge is 0.396 e. The summed E-state index contributed by atoms with van der Waals surface area (Å²) in [5, 5.41) is 8.41. The van der Waals surface area contributed by atoms with E-state index in [-0.39, 0.29) is 13.0 Å². The number of carbonyl (C=O) groups excluding carboxylic acids is 2. The SMILES string of the molecule is O=C(CCO)OC(=O)c1ccccc1. The quantitative estimate of drug-likeness (QED) is 0.569. The molecule has 0 radical (unpaired) electrons. The van der Waals surface area contributed by atoms with Gasteiger partial charge in [0.2, 0.25) is 0 Å². The van der Waals surface area contributed by atoms with Crippen molar-refractivity contribution in [3.63, 3.8) is 0 Å². The number of hydrogen-bond donors (Lipinski definition) is 1. The van der Waals surface area contributed by atoms with Crippen molar-refractivity contribution >= 4 is 11.9 Å². The van der Waals surface area contributed by atoms with Gasteiger partial charge >= 0.3 is 11.9 Å². The second kappa shape index (κ2) is 5.14. The Morgan fingerprint density at radius 2 is 1.86 bits per heavy atom. The van der Waals surface area contributed by atoms with Gasteiger partial charge in [-0.25, -0.2) is 4.79 Å². The van der Waals surface area contributed by atoms with Crippen LogP contribution in [-0.4, -0.2) is 23.7 Å². The van der Waals surface area contributed by atoms with Gasteiger partial charge in [-0.05, 0) is 12.1 Å². The van der Waals surface area contributed by atoms with E-state index in [0.717, 1.165) is 0 Å². The van der Waals surface area contributed by atoms with E-state index in [1.807, 2.05) is 0 Å². The summed E-state index contributed by atoms with van der Waals surface area (Å²) >= 11 is 0. The number of esters is 2. The van der Waals surface area contributed by atoms with E-state index in [4.69, 9.17) is 5.11 Å². The molecular weight excluding hydrogens is 184 g/mol. The average Bonchev–Trinajstić information content (AvgIpc) is 2.19. The molecule has 1 aromatic carbocycles. The van der Waals surface area contributed by atoms with E-state index in [9.17, 15) is 9.59 Å². The average molecular weight is 194 g/mol. The number of aliphatic hydroxyl groups is 1. The molecular formula is C10H10O4. The van der Waals surface area contributed by atoms with E-state index >= 15 is 0 Å². The Bertz CT molecular complexity index is 318. The van der Waals surface area contributed by atoms with Gasteiger partial charge in [-0.2, -0.15) is 0 Å². The predicted octanol–water partition coefficient (Wildman–Crippen LogP) is 0.752. The van der Waals surface area contributed by atoms with Gasteiger partial charge in [-0.3, -0.25) is 4.79 Å². The lowest BCUT2D eigenvalue weighted by Gasteiger charge is -2.00. The van der Waals surface area contributed by atoms with E-state index < -0.39 is 11.9 Å². The second-order valence-corrected chi connectivity index (χ2v) is 2.60. The van der Waals surface area contributed by atoms with Crippen LogP contribution in [0.1, 0.15) is 16.8 Å². The van der Waals surface area contributed by atoms with E-state index in [1.54, 1.807) is 30.3 Å². The lowest BCUT2D eigenvalue weighted by atomic mass is 10.2. The minimum absolute atomic E-state index is 0.168. The molecule has 74 valence electrons. The zero-order chi connectivity index (χ0) is 10.4. The predicted molar refractivity (Wildman–Crippen MR) is 48.6 cm³/mol. The summed E-state index contributed by atoms with van der Waals surface area (Å²) in [7, 11) is 0. The molecule has 0 amide bonds. The lowest BCUT2D eigenvalue weighted by Crippen LogP contribution is -2.13. The lowest BCUT2D eigenvalue weighted by molar-refractivity contribution is -0.138. The summed E-state index contributed by atoms with van der Waals surface area (Å²) < 4.78 is 4.44. The molecule has 0 fully saturated rings. The summed E-state index contributed by atoms with van der Waals surface area (Å²) in [5.74, 6) is -1.41. The van der Waals surface area contributed by atoms with Crippen LogP contribution in [-0.2, 0) is 9.53 Å². The summed E-state index contributed by atoms with van der Waals surface area (Å²) in [6.45, 7) is -0.319. The first-order valence-corrected chi connectivity index (χ1v) is 4.15. The highest BCUT2D eigenvalue weighted by Gasteiger charge is 2.11. The van der Waals surface area contributed by atoms with Crippen molar-refractivity contribution in [3.8, 4) is 0 Å². The third-order valence-corrected chi connectivity index (χ3v) is 1.53. The van der Waals surface area contributed by atoms with Gasteiger partial charge in [-0.1, -0.05) is 18.2 Å². The molecule has 1 aromatic rings. The molecule has 0 atom stereocenters. The minimum Gasteiger partial charge on any atom is -0.396 e. The van der Waals surface area contributed by atoms with Gasteiger partial charge in [0.1, 0.15) is 0 Å². The maximum atomic E-state index is 11.2. The Hall–Kier alpha value is -1.68. The molecule has 0 spiro atoms. The number of aliphatic hydroxyl groups excluding tert-OH is 1. The molecule has 0 aromatic heterocycles. The summed E-state index contributed by atoms with van der Waals surface area (Å²) in [5.41, 5.74) is 0.318. The molecule has 0 aliphatic rings. The number of carbonyl (C=O) groups is 2. The highest BCUT2D eigenvalue weighted by atomic mass is 16.6. The fourth-order valence-corrected chi connectivity index (χ4v) is 0.879. The number of ether oxygens (including phenoxy) is 1. The van der Waals surface area contributed by atoms with Crippen LogP contribution in [0.25, 0.3) is 0 Å². The van der Waals surface area contributed by atoms with Crippen molar-refractivity contribution in [3.05, 3.63) is 35.9 Å². The molecule has 1 rings (SSSR count). The van der Waals surface area contributed by atoms with Crippen LogP contribution in [0, 0.1) is 0 Å². The van der Waals surface area contributed by atoms with Gasteiger partial charge in [0, 0.05) is 0 Å². The van der Waals surface area contributed by atoms with Crippen LogP contribution in [0.5, 0.6) is 0 Å². The van der Waals surface area contributed by atoms with Crippen molar-refractivity contribution in [1.82, 2.24) is 0 Å². The molecule has 0 aliphatic heterocycles. The van der Waals surface area contributed by atoms with Crippen LogP contribution >= 0.6 is 0 Å². The van der Waals surface area contributed by atoms with Crippen LogP contribution in [0.2, 0.25) is 0 Å². The van der Waals surface area contributed by atoms with Crippen molar-refractivity contribution < 1.29 is 19.4 Å². The smallest absolute Gasteiger partial charge is 0.345 e. The third-order valence-electron chi connectivity index (χ3n) is 1.53. The fraction of sp³-hybridized carbons (Fsp3) is 0.200. The van der Waals surface area contributed by atoms with Crippen molar-refractivity contribution in [2.45, 2.75) is 6.42 Å². The van der Waals surface area contributed by atoms with Crippen molar-refractivity contribution in [1.29, 1.82) is 0 Å². The first kappa shape index (κ1) is 10.4. The highest BCUT2D eigenvalue weighted by molar-refractivity contribution is 5.96. The summed E-state index contributed by atoms with van der Waals surface area (Å²) in [6, 6.07) is 8.20. The van der Waals surface area contributed by atoms with Crippen LogP contribution in [0.3, 0.4) is 0 Å². The molecule has 0 saturated heterocycles. The van der Waals surface area contributed by atoms with E-state index in [2.05, 4.69) is 4.74 Å². The Morgan fingerprint density at radius 3 is 2.43 bits per heavy atom. The number of hydrogen-bond acceptors (Lipinski definition) is 4. The monoisotopic (exact) mass is 194 g/mol. The van der Waals surface area contributed by atoms with Crippen LogP contribution < -0.4 is 0 Å². The van der Waals surface area contributed by atoms with E-state index in [0.29, 0.717) is 5.56 Å². The Labute approximate surface area is 81.1 Å². The first-order valence-electron chi connectivity index (χ1n) is 4.15. The molecule has 0 unspecified atom stereocenters. The van der Waals surface area contributed by atoms with Gasteiger partial charge in [0.25, 0.3) is 0 Å². The molecule has 14 heavy (non-hydrogen) atoms. The molecule has 0 saturated carbocycles.